The smallest absolute Gasteiger partial charge is 0.0851 e. The summed E-state index contributed by atoms with van der Waals surface area (Å²) in [5, 5.41) is 10.7. The first-order chi connectivity index (χ1) is 5.06. The van der Waals surface area contributed by atoms with Gasteiger partial charge in [-0.2, -0.15) is 0 Å². The summed E-state index contributed by atoms with van der Waals surface area (Å²) >= 11 is 0. The lowest BCUT2D eigenvalue weighted by molar-refractivity contribution is 0.0302. The zero-order valence-corrected chi connectivity index (χ0v) is 7.76. The van der Waals surface area contributed by atoms with Gasteiger partial charge in [0.25, 0.3) is 0 Å². The summed E-state index contributed by atoms with van der Waals surface area (Å²) < 4.78 is 0. The second-order valence-electron chi connectivity index (χ2n) is 4.26. The van der Waals surface area contributed by atoms with Gasteiger partial charge >= 0.3 is 0 Å². The molecule has 0 aliphatic carbocycles. The molecule has 65 valence electrons. The molecule has 1 rings (SSSR count). The van der Waals surface area contributed by atoms with Crippen molar-refractivity contribution >= 4 is 0 Å². The van der Waals surface area contributed by atoms with Crippen LogP contribution < -0.4 is 0 Å². The van der Waals surface area contributed by atoms with Crippen LogP contribution in [-0.2, 0) is 5.11 Å². The molecule has 1 heterocycles. The molecule has 0 saturated carbocycles. The van der Waals surface area contributed by atoms with Crippen molar-refractivity contribution in [2.24, 2.45) is 5.92 Å². The van der Waals surface area contributed by atoms with Crippen molar-refractivity contribution in [3.05, 3.63) is 0 Å². The van der Waals surface area contributed by atoms with Crippen LogP contribution in [0.1, 0.15) is 26.7 Å². The van der Waals surface area contributed by atoms with E-state index in [1.165, 1.54) is 0 Å². The molecule has 1 atom stereocenters. The van der Waals surface area contributed by atoms with Gasteiger partial charge in [0.1, 0.15) is 0 Å². The number of hydrogen-bond acceptors (Lipinski definition) is 1. The van der Waals surface area contributed by atoms with Gasteiger partial charge in [-0.25, -0.2) is 5.11 Å². The molecule has 1 fully saturated rings. The molecule has 11 heavy (non-hydrogen) atoms. The number of rotatable bonds is 1. The molecule has 1 unspecified atom stereocenters. The lowest BCUT2D eigenvalue weighted by atomic mass is 9.83. The Morgan fingerprint density at radius 2 is 2.18 bits per heavy atom. The van der Waals surface area contributed by atoms with Crippen LogP contribution in [0.2, 0.25) is 0 Å². The van der Waals surface area contributed by atoms with Crippen LogP contribution in [0.5, 0.6) is 0 Å². The Bertz CT molecular complexity index is 134. The van der Waals surface area contributed by atoms with Crippen molar-refractivity contribution in [2.45, 2.75) is 32.2 Å². The van der Waals surface area contributed by atoms with Crippen molar-refractivity contribution < 1.29 is 5.11 Å². The lowest BCUT2D eigenvalue weighted by Gasteiger charge is -2.42. The molecule has 1 aliphatic heterocycles. The molecule has 0 aromatic carbocycles. The van der Waals surface area contributed by atoms with Gasteiger partial charge in [-0.05, 0) is 46.2 Å². The molecule has 0 spiro atoms. The average molecular weight is 156 g/mol. The van der Waals surface area contributed by atoms with Gasteiger partial charge in [-0.15, -0.1) is 0 Å². The van der Waals surface area contributed by atoms with Crippen molar-refractivity contribution in [3.63, 3.8) is 0 Å². The molecule has 0 amide bonds. The van der Waals surface area contributed by atoms with Gasteiger partial charge in [0.2, 0.25) is 0 Å². The van der Waals surface area contributed by atoms with Gasteiger partial charge < -0.3 is 4.90 Å². The SMILES string of the molecule is CN1CCC(C[O])CC1(C)C. The molecule has 0 aromatic heterocycles. The molecule has 0 N–H and O–H groups in total. The Kier molecular flexibility index (Phi) is 2.55. The van der Waals surface area contributed by atoms with Crippen molar-refractivity contribution in [3.8, 4) is 0 Å². The van der Waals surface area contributed by atoms with E-state index in [2.05, 4.69) is 25.8 Å². The third-order valence-corrected chi connectivity index (χ3v) is 2.93. The first kappa shape index (κ1) is 9.01. The normalized spacial score (nSPS) is 32.2. The zero-order chi connectivity index (χ0) is 8.48. The van der Waals surface area contributed by atoms with E-state index in [0.29, 0.717) is 5.92 Å². The van der Waals surface area contributed by atoms with E-state index < -0.39 is 0 Å². The Morgan fingerprint density at radius 1 is 1.55 bits per heavy atom. The van der Waals surface area contributed by atoms with E-state index in [4.69, 9.17) is 0 Å². The quantitative estimate of drug-likeness (QED) is 0.564. The van der Waals surface area contributed by atoms with Gasteiger partial charge in [-0.1, -0.05) is 0 Å². The standard InChI is InChI=1S/C9H18NO/c1-9(2)6-8(7-11)4-5-10(9)3/h8H,4-7H2,1-3H3. The van der Waals surface area contributed by atoms with Crippen molar-refractivity contribution in [2.75, 3.05) is 20.2 Å². The second-order valence-corrected chi connectivity index (χ2v) is 4.26. The highest BCUT2D eigenvalue weighted by molar-refractivity contribution is 4.86. The Labute approximate surface area is 69.2 Å². The van der Waals surface area contributed by atoms with Gasteiger partial charge in [-0.3, -0.25) is 0 Å². The maximum absolute atomic E-state index is 10.7. The summed E-state index contributed by atoms with van der Waals surface area (Å²) in [5.74, 6) is 0.418. The number of hydrogen-bond donors (Lipinski definition) is 0. The van der Waals surface area contributed by atoms with Crippen molar-refractivity contribution in [1.82, 2.24) is 4.90 Å². The lowest BCUT2D eigenvalue weighted by Crippen LogP contribution is -2.48. The first-order valence-electron chi connectivity index (χ1n) is 4.35. The molecule has 1 saturated heterocycles. The molecule has 2 heteroatoms. The third-order valence-electron chi connectivity index (χ3n) is 2.93. The largest absolute Gasteiger partial charge is 0.301 e. The van der Waals surface area contributed by atoms with Gasteiger partial charge in [0.05, 0.1) is 6.61 Å². The molecule has 0 aromatic rings. The minimum Gasteiger partial charge on any atom is -0.301 e. The monoisotopic (exact) mass is 156 g/mol. The summed E-state index contributed by atoms with van der Waals surface area (Å²) in [5.41, 5.74) is 0.243. The van der Waals surface area contributed by atoms with E-state index in [1.807, 2.05) is 0 Å². The Hall–Kier alpha value is -0.0800. The molecular formula is C9H18NO. The minimum absolute atomic E-state index is 0.108. The van der Waals surface area contributed by atoms with E-state index in [-0.39, 0.29) is 12.1 Å². The zero-order valence-electron chi connectivity index (χ0n) is 7.76. The highest BCUT2D eigenvalue weighted by Crippen LogP contribution is 2.29. The average Bonchev–Trinajstić information content (AvgIpc) is 1.95. The summed E-state index contributed by atoms with van der Waals surface area (Å²) in [4.78, 5) is 2.35. The third kappa shape index (κ3) is 1.94. The molecular weight excluding hydrogens is 138 g/mol. The summed E-state index contributed by atoms with van der Waals surface area (Å²) in [6.07, 6.45) is 2.15. The fourth-order valence-electron chi connectivity index (χ4n) is 1.79. The Morgan fingerprint density at radius 3 is 2.64 bits per heavy atom. The molecule has 2 nitrogen and oxygen atoms in total. The van der Waals surface area contributed by atoms with Gasteiger partial charge in [0, 0.05) is 5.54 Å². The van der Waals surface area contributed by atoms with Crippen LogP contribution >= 0.6 is 0 Å². The number of likely N-dealkylation sites (tertiary alicyclic amines) is 1. The second kappa shape index (κ2) is 3.11. The fraction of sp³-hybridized carbons (Fsp3) is 1.00. The number of nitrogens with zero attached hydrogens (tertiary/aromatic N) is 1. The highest BCUT2D eigenvalue weighted by Gasteiger charge is 2.31. The molecule has 1 radical (unpaired) electrons. The highest BCUT2D eigenvalue weighted by atomic mass is 16.3. The fourth-order valence-corrected chi connectivity index (χ4v) is 1.79. The van der Waals surface area contributed by atoms with E-state index in [1.54, 1.807) is 0 Å². The minimum atomic E-state index is 0.108. The predicted octanol–water partition coefficient (Wildman–Crippen LogP) is 1.54. The van der Waals surface area contributed by atoms with Crippen molar-refractivity contribution in [1.29, 1.82) is 0 Å². The topological polar surface area (TPSA) is 23.1 Å². The van der Waals surface area contributed by atoms with Crippen LogP contribution in [0.15, 0.2) is 0 Å². The maximum atomic E-state index is 10.7. The van der Waals surface area contributed by atoms with Gasteiger partial charge in [0.15, 0.2) is 0 Å². The predicted molar refractivity (Wildman–Crippen MR) is 45.0 cm³/mol. The van der Waals surface area contributed by atoms with Crippen LogP contribution in [0.25, 0.3) is 0 Å². The first-order valence-corrected chi connectivity index (χ1v) is 4.35. The van der Waals surface area contributed by atoms with E-state index >= 15 is 0 Å². The van der Waals surface area contributed by atoms with Crippen LogP contribution in [0.3, 0.4) is 0 Å². The maximum Gasteiger partial charge on any atom is 0.0851 e. The van der Waals surface area contributed by atoms with E-state index in [9.17, 15) is 5.11 Å². The summed E-state index contributed by atoms with van der Waals surface area (Å²) in [6, 6.07) is 0. The summed E-state index contributed by atoms with van der Waals surface area (Å²) in [7, 11) is 2.14. The summed E-state index contributed by atoms with van der Waals surface area (Å²) in [6.45, 7) is 5.63. The van der Waals surface area contributed by atoms with Crippen LogP contribution in [0, 0.1) is 5.92 Å². The number of piperidine rings is 1. The molecule has 0 bridgehead atoms. The van der Waals surface area contributed by atoms with Crippen LogP contribution in [-0.4, -0.2) is 30.6 Å². The Balaban J connectivity index is 2.52. The molecule has 1 aliphatic rings. The van der Waals surface area contributed by atoms with E-state index in [0.717, 1.165) is 19.4 Å². The van der Waals surface area contributed by atoms with Crippen LogP contribution in [0.4, 0.5) is 0 Å².